The number of ether oxygens (including phenoxy) is 2. The average Bonchev–Trinajstić information content (AvgIpc) is 2.61. The Morgan fingerprint density at radius 2 is 1.92 bits per heavy atom. The van der Waals surface area contributed by atoms with Crippen molar-refractivity contribution in [2.75, 3.05) is 43.1 Å². The summed E-state index contributed by atoms with van der Waals surface area (Å²) in [4.78, 5) is 14.1. The summed E-state index contributed by atoms with van der Waals surface area (Å²) >= 11 is 0. The summed E-state index contributed by atoms with van der Waals surface area (Å²) in [6, 6.07) is 13.3. The lowest BCUT2D eigenvalue weighted by Gasteiger charge is -2.28. The largest absolute Gasteiger partial charge is 0.484 e. The first kappa shape index (κ1) is 16.3. The molecule has 0 bridgehead atoms. The van der Waals surface area contributed by atoms with Crippen molar-refractivity contribution in [3.63, 3.8) is 0 Å². The Morgan fingerprint density at radius 3 is 2.62 bits per heavy atom. The highest BCUT2D eigenvalue weighted by molar-refractivity contribution is 5.92. The summed E-state index contributed by atoms with van der Waals surface area (Å²) in [7, 11) is 0. The maximum atomic E-state index is 13.0. The van der Waals surface area contributed by atoms with Crippen molar-refractivity contribution >= 4 is 17.3 Å². The highest BCUT2D eigenvalue weighted by Gasteiger charge is 2.11. The van der Waals surface area contributed by atoms with Gasteiger partial charge in [-0.1, -0.05) is 6.07 Å². The predicted molar refractivity (Wildman–Crippen MR) is 90.0 cm³/mol. The molecule has 1 saturated heterocycles. The highest BCUT2D eigenvalue weighted by Crippen LogP contribution is 2.19. The van der Waals surface area contributed by atoms with Crippen molar-refractivity contribution in [2.45, 2.75) is 0 Å². The Labute approximate surface area is 140 Å². The van der Waals surface area contributed by atoms with Gasteiger partial charge in [0, 0.05) is 30.5 Å². The van der Waals surface area contributed by atoms with Crippen LogP contribution in [0.2, 0.25) is 0 Å². The first-order valence-corrected chi connectivity index (χ1v) is 7.82. The normalized spacial score (nSPS) is 14.3. The van der Waals surface area contributed by atoms with Crippen LogP contribution in [0, 0.1) is 5.82 Å². The third-order valence-corrected chi connectivity index (χ3v) is 3.69. The second-order valence-electron chi connectivity index (χ2n) is 5.44. The minimum Gasteiger partial charge on any atom is -0.484 e. The van der Waals surface area contributed by atoms with E-state index < -0.39 is 5.82 Å². The minimum atomic E-state index is -0.397. The van der Waals surface area contributed by atoms with E-state index in [4.69, 9.17) is 9.47 Å². The van der Waals surface area contributed by atoms with Gasteiger partial charge in [-0.05, 0) is 36.4 Å². The molecule has 0 aliphatic carbocycles. The zero-order chi connectivity index (χ0) is 16.8. The number of halogens is 1. The van der Waals surface area contributed by atoms with Crippen LogP contribution in [0.3, 0.4) is 0 Å². The summed E-state index contributed by atoms with van der Waals surface area (Å²) in [6.45, 7) is 3.03. The second-order valence-corrected chi connectivity index (χ2v) is 5.44. The van der Waals surface area contributed by atoms with Gasteiger partial charge >= 0.3 is 0 Å². The number of morpholine rings is 1. The van der Waals surface area contributed by atoms with Crippen molar-refractivity contribution in [3.8, 4) is 5.75 Å². The molecule has 0 saturated carbocycles. The SMILES string of the molecule is O=C(COc1cccc(F)c1)Nc1ccc(N2CCOCC2)cc1. The smallest absolute Gasteiger partial charge is 0.262 e. The molecule has 2 aromatic rings. The van der Waals surface area contributed by atoms with E-state index in [0.717, 1.165) is 32.0 Å². The van der Waals surface area contributed by atoms with Gasteiger partial charge in [-0.25, -0.2) is 4.39 Å². The van der Waals surface area contributed by atoms with Gasteiger partial charge in [0.2, 0.25) is 0 Å². The molecule has 24 heavy (non-hydrogen) atoms. The molecule has 1 amide bonds. The molecule has 0 aromatic heterocycles. The predicted octanol–water partition coefficient (Wildman–Crippen LogP) is 2.68. The summed E-state index contributed by atoms with van der Waals surface area (Å²) in [5, 5.41) is 2.76. The van der Waals surface area contributed by atoms with E-state index in [-0.39, 0.29) is 12.5 Å². The molecule has 6 heteroatoms. The summed E-state index contributed by atoms with van der Waals surface area (Å²) < 4.78 is 23.6. The molecule has 1 heterocycles. The van der Waals surface area contributed by atoms with E-state index in [1.807, 2.05) is 24.3 Å². The topological polar surface area (TPSA) is 50.8 Å². The maximum Gasteiger partial charge on any atom is 0.262 e. The Bertz CT molecular complexity index is 685. The maximum absolute atomic E-state index is 13.0. The number of anilines is 2. The van der Waals surface area contributed by atoms with Gasteiger partial charge in [0.1, 0.15) is 11.6 Å². The average molecular weight is 330 g/mol. The number of rotatable bonds is 5. The van der Waals surface area contributed by atoms with Gasteiger partial charge < -0.3 is 19.7 Å². The van der Waals surface area contributed by atoms with Crippen molar-refractivity contribution in [1.82, 2.24) is 0 Å². The van der Waals surface area contributed by atoms with Gasteiger partial charge in [-0.15, -0.1) is 0 Å². The zero-order valence-corrected chi connectivity index (χ0v) is 13.2. The van der Waals surface area contributed by atoms with Crippen LogP contribution >= 0.6 is 0 Å². The van der Waals surface area contributed by atoms with Crippen LogP contribution in [0.25, 0.3) is 0 Å². The van der Waals surface area contributed by atoms with Crippen LogP contribution in [-0.2, 0) is 9.53 Å². The van der Waals surface area contributed by atoms with Crippen LogP contribution in [0.4, 0.5) is 15.8 Å². The van der Waals surface area contributed by atoms with E-state index in [1.165, 1.54) is 18.2 Å². The van der Waals surface area contributed by atoms with E-state index in [0.29, 0.717) is 11.4 Å². The van der Waals surface area contributed by atoms with Crippen molar-refractivity contribution in [1.29, 1.82) is 0 Å². The van der Waals surface area contributed by atoms with E-state index >= 15 is 0 Å². The Kier molecular flexibility index (Phi) is 5.28. The Morgan fingerprint density at radius 1 is 1.17 bits per heavy atom. The molecule has 1 fully saturated rings. The number of hydrogen-bond donors (Lipinski definition) is 1. The molecule has 5 nitrogen and oxygen atoms in total. The van der Waals surface area contributed by atoms with Gasteiger partial charge in [-0.2, -0.15) is 0 Å². The van der Waals surface area contributed by atoms with Gasteiger partial charge in [-0.3, -0.25) is 4.79 Å². The molecule has 0 atom stereocenters. The lowest BCUT2D eigenvalue weighted by atomic mass is 10.2. The molecular weight excluding hydrogens is 311 g/mol. The fraction of sp³-hybridized carbons (Fsp3) is 0.278. The van der Waals surface area contributed by atoms with E-state index in [1.54, 1.807) is 6.07 Å². The lowest BCUT2D eigenvalue weighted by Crippen LogP contribution is -2.36. The molecule has 0 radical (unpaired) electrons. The van der Waals surface area contributed by atoms with Gasteiger partial charge in [0.25, 0.3) is 5.91 Å². The number of benzene rings is 2. The number of nitrogens with zero attached hydrogens (tertiary/aromatic N) is 1. The van der Waals surface area contributed by atoms with Crippen LogP contribution in [-0.4, -0.2) is 38.8 Å². The molecule has 0 unspecified atom stereocenters. The van der Waals surface area contributed by atoms with Crippen LogP contribution in [0.5, 0.6) is 5.75 Å². The number of amides is 1. The van der Waals surface area contributed by atoms with Crippen molar-refractivity contribution in [3.05, 3.63) is 54.3 Å². The first-order chi connectivity index (χ1) is 11.7. The fourth-order valence-corrected chi connectivity index (χ4v) is 2.48. The summed E-state index contributed by atoms with van der Waals surface area (Å²) in [5.74, 6) is -0.363. The van der Waals surface area contributed by atoms with Crippen LogP contribution in [0.15, 0.2) is 48.5 Å². The number of hydrogen-bond acceptors (Lipinski definition) is 4. The third kappa shape index (κ3) is 4.45. The number of carbonyl (C=O) groups is 1. The van der Waals surface area contributed by atoms with Crippen LogP contribution < -0.4 is 15.0 Å². The first-order valence-electron chi connectivity index (χ1n) is 7.82. The Hall–Kier alpha value is -2.60. The number of carbonyl (C=O) groups excluding carboxylic acids is 1. The molecule has 1 aliphatic heterocycles. The van der Waals surface area contributed by atoms with Crippen molar-refractivity contribution < 1.29 is 18.7 Å². The third-order valence-electron chi connectivity index (χ3n) is 3.69. The standard InChI is InChI=1S/C18H19FN2O3/c19-14-2-1-3-17(12-14)24-13-18(22)20-15-4-6-16(7-5-15)21-8-10-23-11-9-21/h1-7,12H,8-11,13H2,(H,20,22). The van der Waals surface area contributed by atoms with E-state index in [2.05, 4.69) is 10.2 Å². The molecule has 126 valence electrons. The molecule has 3 rings (SSSR count). The zero-order valence-electron chi connectivity index (χ0n) is 13.2. The second kappa shape index (κ2) is 7.79. The molecule has 0 spiro atoms. The van der Waals surface area contributed by atoms with Gasteiger partial charge in [0.05, 0.1) is 13.2 Å². The lowest BCUT2D eigenvalue weighted by molar-refractivity contribution is -0.118. The Balaban J connectivity index is 1.50. The molecule has 2 aromatic carbocycles. The monoisotopic (exact) mass is 330 g/mol. The van der Waals surface area contributed by atoms with Crippen molar-refractivity contribution in [2.24, 2.45) is 0 Å². The number of nitrogens with one attached hydrogen (secondary N) is 1. The van der Waals surface area contributed by atoms with Gasteiger partial charge in [0.15, 0.2) is 6.61 Å². The highest BCUT2D eigenvalue weighted by atomic mass is 19.1. The molecule has 1 aliphatic rings. The minimum absolute atomic E-state index is 0.172. The quantitative estimate of drug-likeness (QED) is 0.916. The summed E-state index contributed by atoms with van der Waals surface area (Å²) in [5.41, 5.74) is 1.80. The van der Waals surface area contributed by atoms with Crippen LogP contribution in [0.1, 0.15) is 0 Å². The molecule has 1 N–H and O–H groups in total. The van der Waals surface area contributed by atoms with E-state index in [9.17, 15) is 9.18 Å². The summed E-state index contributed by atoms with van der Waals surface area (Å²) in [6.07, 6.45) is 0. The molecular formula is C18H19FN2O3. The fourth-order valence-electron chi connectivity index (χ4n) is 2.48.